The molecule has 0 spiro atoms. The minimum Gasteiger partial charge on any atom is -0.417 e. The van der Waals surface area contributed by atoms with Gasteiger partial charge in [0.15, 0.2) is 5.69 Å². The smallest absolute Gasteiger partial charge is 0.417 e. The van der Waals surface area contributed by atoms with Crippen LogP contribution < -0.4 is 26.2 Å². The summed E-state index contributed by atoms with van der Waals surface area (Å²) in [6.45, 7) is 1.56. The van der Waals surface area contributed by atoms with Crippen LogP contribution in [0.5, 0.6) is 0 Å². The standard InChI is InChI=1S/C32H32F4N8O3/c33-23-8-4-5-9-24(23)40-30(46)43-16-17-44(25(37)19-43)26-11-10-22(18-38-26)39-29(45)27-28(32(34,35)36)41-31(47-27)42-14-12-21(13-15-42)20-6-2-1-3-7-20/h1-11,18,21,25H,12-17,19,37H2,(H,39,45)(H,40,46)/t25-/m0/s1. The van der Waals surface area contributed by atoms with Crippen LogP contribution in [-0.2, 0) is 6.18 Å². The Morgan fingerprint density at radius 3 is 2.30 bits per heavy atom. The second kappa shape index (κ2) is 13.3. The Kier molecular flexibility index (Phi) is 8.98. The second-order valence-electron chi connectivity index (χ2n) is 11.3. The molecule has 2 aromatic carbocycles. The Morgan fingerprint density at radius 1 is 0.915 bits per heavy atom. The number of amides is 3. The molecule has 4 N–H and O–H groups in total. The summed E-state index contributed by atoms with van der Waals surface area (Å²) >= 11 is 0. The van der Waals surface area contributed by atoms with Crippen molar-refractivity contribution in [3.63, 3.8) is 0 Å². The van der Waals surface area contributed by atoms with Crippen LogP contribution >= 0.6 is 0 Å². The largest absolute Gasteiger partial charge is 0.437 e. The van der Waals surface area contributed by atoms with Crippen molar-refractivity contribution in [1.29, 1.82) is 0 Å². The number of urea groups is 1. The number of hydrogen-bond donors (Lipinski definition) is 3. The fourth-order valence-electron chi connectivity index (χ4n) is 5.77. The van der Waals surface area contributed by atoms with E-state index in [4.69, 9.17) is 10.2 Å². The van der Waals surface area contributed by atoms with Gasteiger partial charge in [-0.05, 0) is 48.6 Å². The van der Waals surface area contributed by atoms with Crippen LogP contribution in [0.2, 0.25) is 0 Å². The summed E-state index contributed by atoms with van der Waals surface area (Å²) in [5.74, 6) is -1.91. The number of carbonyl (C=O) groups is 2. The van der Waals surface area contributed by atoms with Crippen LogP contribution in [0.1, 0.15) is 40.6 Å². The quantitative estimate of drug-likeness (QED) is 0.233. The summed E-state index contributed by atoms with van der Waals surface area (Å²) in [6.07, 6.45) is -2.87. The molecule has 0 radical (unpaired) electrons. The highest BCUT2D eigenvalue weighted by atomic mass is 19.4. The molecule has 15 heteroatoms. The average Bonchev–Trinajstić information content (AvgIpc) is 3.54. The van der Waals surface area contributed by atoms with Gasteiger partial charge in [0.1, 0.15) is 11.6 Å². The number of nitrogens with two attached hydrogens (primary N) is 1. The van der Waals surface area contributed by atoms with Crippen LogP contribution in [-0.4, -0.2) is 65.7 Å². The number of oxazole rings is 1. The number of rotatable bonds is 6. The number of alkyl halides is 3. The lowest BCUT2D eigenvalue weighted by Crippen LogP contribution is -2.59. The molecular weight excluding hydrogens is 620 g/mol. The Balaban J connectivity index is 1.08. The zero-order valence-electron chi connectivity index (χ0n) is 25.1. The first-order chi connectivity index (χ1) is 22.6. The van der Waals surface area contributed by atoms with E-state index < -0.39 is 41.6 Å². The third kappa shape index (κ3) is 7.14. The van der Waals surface area contributed by atoms with E-state index in [0.717, 1.165) is 0 Å². The molecule has 2 fully saturated rings. The third-order valence-electron chi connectivity index (χ3n) is 8.25. The van der Waals surface area contributed by atoms with Crippen molar-refractivity contribution in [2.24, 2.45) is 5.73 Å². The topological polar surface area (TPSA) is 133 Å². The Morgan fingerprint density at radius 2 is 1.64 bits per heavy atom. The van der Waals surface area contributed by atoms with Crippen molar-refractivity contribution < 1.29 is 31.6 Å². The Labute approximate surface area is 267 Å². The molecule has 1 atom stereocenters. The number of nitrogens with one attached hydrogen (secondary N) is 2. The molecule has 4 aromatic rings. The van der Waals surface area contributed by atoms with E-state index in [1.165, 1.54) is 40.9 Å². The molecular formula is C32H32F4N8O3. The predicted molar refractivity (Wildman–Crippen MR) is 167 cm³/mol. The number of benzene rings is 2. The normalized spacial score (nSPS) is 17.5. The van der Waals surface area contributed by atoms with E-state index in [1.54, 1.807) is 21.9 Å². The van der Waals surface area contributed by atoms with Gasteiger partial charge in [-0.15, -0.1) is 0 Å². The van der Waals surface area contributed by atoms with Crippen molar-refractivity contribution in [2.45, 2.75) is 31.1 Å². The van der Waals surface area contributed by atoms with Crippen LogP contribution in [0.15, 0.2) is 77.3 Å². The highest BCUT2D eigenvalue weighted by molar-refractivity contribution is 6.03. The van der Waals surface area contributed by atoms with Crippen molar-refractivity contribution in [3.8, 4) is 0 Å². The Hall–Kier alpha value is -5.18. The average molecular weight is 653 g/mol. The van der Waals surface area contributed by atoms with Gasteiger partial charge in [0.2, 0.25) is 5.76 Å². The van der Waals surface area contributed by atoms with Gasteiger partial charge in [-0.1, -0.05) is 42.5 Å². The molecule has 6 rings (SSSR count). The number of halogens is 4. The summed E-state index contributed by atoms with van der Waals surface area (Å²) < 4.78 is 61.1. The number of nitrogens with zero attached hydrogens (tertiary/aromatic N) is 5. The number of piperidine rings is 1. The van der Waals surface area contributed by atoms with Crippen molar-refractivity contribution in [3.05, 3.63) is 95.8 Å². The molecule has 11 nitrogen and oxygen atoms in total. The lowest BCUT2D eigenvalue weighted by atomic mass is 9.90. The summed E-state index contributed by atoms with van der Waals surface area (Å²) in [4.78, 5) is 38.5. The molecule has 47 heavy (non-hydrogen) atoms. The molecule has 3 amide bonds. The van der Waals surface area contributed by atoms with Crippen LogP contribution in [0.3, 0.4) is 0 Å². The molecule has 4 heterocycles. The molecule has 0 aliphatic carbocycles. The number of para-hydroxylation sites is 1. The van der Waals surface area contributed by atoms with Crippen molar-refractivity contribution >= 4 is 35.1 Å². The maximum atomic E-state index is 13.9. The number of pyridine rings is 1. The summed E-state index contributed by atoms with van der Waals surface area (Å²) in [6, 6.07) is 18.0. The molecule has 2 aliphatic rings. The van der Waals surface area contributed by atoms with Gasteiger partial charge < -0.3 is 35.5 Å². The molecule has 246 valence electrons. The predicted octanol–water partition coefficient (Wildman–Crippen LogP) is 5.50. The first kappa shape index (κ1) is 31.8. The molecule has 0 bridgehead atoms. The minimum absolute atomic E-state index is 0.0557. The number of hydrogen-bond acceptors (Lipinski definition) is 8. The van der Waals surface area contributed by atoms with E-state index in [2.05, 4.69) is 20.6 Å². The SMILES string of the molecule is N[C@@H]1CN(C(=O)Nc2ccccc2F)CCN1c1ccc(NC(=O)c2oc(N3CCC(c4ccccc4)CC3)nc2C(F)(F)F)cn1. The second-order valence-corrected chi connectivity index (χ2v) is 11.3. The lowest BCUT2D eigenvalue weighted by Gasteiger charge is -2.40. The van der Waals surface area contributed by atoms with Crippen LogP contribution in [0.4, 0.5) is 45.6 Å². The van der Waals surface area contributed by atoms with Gasteiger partial charge in [-0.3, -0.25) is 4.79 Å². The number of carbonyl (C=O) groups excluding carboxylic acids is 2. The zero-order valence-corrected chi connectivity index (χ0v) is 25.1. The number of piperazine rings is 1. The van der Waals surface area contributed by atoms with E-state index in [0.29, 0.717) is 38.3 Å². The first-order valence-electron chi connectivity index (χ1n) is 15.0. The van der Waals surface area contributed by atoms with Crippen LogP contribution in [0.25, 0.3) is 0 Å². The highest BCUT2D eigenvalue weighted by Gasteiger charge is 2.42. The van der Waals surface area contributed by atoms with Gasteiger partial charge in [0.25, 0.3) is 11.9 Å². The molecule has 0 saturated carbocycles. The first-order valence-corrected chi connectivity index (χ1v) is 15.0. The monoisotopic (exact) mass is 652 g/mol. The molecule has 2 saturated heterocycles. The number of anilines is 4. The highest BCUT2D eigenvalue weighted by Crippen LogP contribution is 2.36. The third-order valence-corrected chi connectivity index (χ3v) is 8.25. The van der Waals surface area contributed by atoms with E-state index >= 15 is 0 Å². The molecule has 2 aromatic heterocycles. The fourth-order valence-corrected chi connectivity index (χ4v) is 5.77. The van der Waals surface area contributed by atoms with Gasteiger partial charge in [-0.2, -0.15) is 18.2 Å². The summed E-state index contributed by atoms with van der Waals surface area (Å²) in [7, 11) is 0. The van der Waals surface area contributed by atoms with Crippen molar-refractivity contribution in [1.82, 2.24) is 14.9 Å². The lowest BCUT2D eigenvalue weighted by molar-refractivity contribution is -0.141. The van der Waals surface area contributed by atoms with Gasteiger partial charge in [-0.25, -0.2) is 14.2 Å². The van der Waals surface area contributed by atoms with Gasteiger partial charge >= 0.3 is 12.2 Å². The molecule has 2 aliphatic heterocycles. The summed E-state index contributed by atoms with van der Waals surface area (Å²) in [5, 5.41) is 4.94. The zero-order chi connectivity index (χ0) is 33.1. The fraction of sp³-hybridized carbons (Fsp3) is 0.312. The maximum Gasteiger partial charge on any atom is 0.437 e. The number of aromatic nitrogens is 2. The van der Waals surface area contributed by atoms with E-state index in [1.807, 2.05) is 30.3 Å². The van der Waals surface area contributed by atoms with Crippen LogP contribution in [0, 0.1) is 5.82 Å². The Bertz CT molecular complexity index is 1710. The maximum absolute atomic E-state index is 13.9. The van der Waals surface area contributed by atoms with E-state index in [-0.39, 0.29) is 36.4 Å². The van der Waals surface area contributed by atoms with E-state index in [9.17, 15) is 27.2 Å². The summed E-state index contributed by atoms with van der Waals surface area (Å²) in [5.41, 5.74) is 6.26. The van der Waals surface area contributed by atoms with Crippen molar-refractivity contribution in [2.75, 3.05) is 53.2 Å². The van der Waals surface area contributed by atoms with Gasteiger partial charge in [0, 0.05) is 26.2 Å². The van der Waals surface area contributed by atoms with Gasteiger partial charge in [0.05, 0.1) is 30.3 Å². The minimum atomic E-state index is -4.91. The molecule has 0 unspecified atom stereocenters.